The number of halogens is 4. The van der Waals surface area contributed by atoms with Gasteiger partial charge in [0.25, 0.3) is 11.6 Å². The largest absolute Gasteiger partial charge is 0.493 e. The molecule has 1 aliphatic heterocycles. The fourth-order valence-corrected chi connectivity index (χ4v) is 3.85. The molecule has 1 saturated heterocycles. The van der Waals surface area contributed by atoms with E-state index in [1.165, 1.54) is 0 Å². The summed E-state index contributed by atoms with van der Waals surface area (Å²) in [5.74, 6) is 0.420. The molecule has 3 rings (SSSR count). The van der Waals surface area contributed by atoms with Gasteiger partial charge in [0.05, 0.1) is 21.6 Å². The van der Waals surface area contributed by atoms with Crippen molar-refractivity contribution in [1.29, 1.82) is 0 Å². The lowest BCUT2D eigenvalue weighted by Crippen LogP contribution is -2.49. The average molecular weight is 502 g/mol. The molecule has 0 atom stereocenters. The number of ether oxygens (including phenoxy) is 1. The maximum Gasteiger partial charge on any atom is 0.416 e. The lowest BCUT2D eigenvalue weighted by Gasteiger charge is -2.36. The Morgan fingerprint density at radius 1 is 1.16 bits per heavy atom. The fourth-order valence-electron chi connectivity index (χ4n) is 3.35. The smallest absolute Gasteiger partial charge is 0.416 e. The van der Waals surface area contributed by atoms with Crippen LogP contribution in [-0.2, 0) is 6.18 Å². The van der Waals surface area contributed by atoms with E-state index >= 15 is 0 Å². The van der Waals surface area contributed by atoms with Crippen LogP contribution in [0.2, 0.25) is 0 Å². The molecule has 2 aromatic rings. The maximum absolute atomic E-state index is 12.9. The summed E-state index contributed by atoms with van der Waals surface area (Å²) in [4.78, 5) is 26.6. The number of amides is 1. The molecule has 1 amide bonds. The van der Waals surface area contributed by atoms with Crippen molar-refractivity contribution in [3.63, 3.8) is 0 Å². The second-order valence-electron chi connectivity index (χ2n) is 6.82. The highest BCUT2D eigenvalue weighted by Gasteiger charge is 2.34. The van der Waals surface area contributed by atoms with E-state index < -0.39 is 22.4 Å². The van der Waals surface area contributed by atoms with Crippen LogP contribution in [0.15, 0.2) is 40.9 Å². The molecule has 0 spiro atoms. The molecule has 1 aliphatic rings. The maximum atomic E-state index is 12.9. The molecule has 1 heterocycles. The summed E-state index contributed by atoms with van der Waals surface area (Å²) in [7, 11) is 0. The Morgan fingerprint density at radius 2 is 1.84 bits per heavy atom. The molecule has 7 nitrogen and oxygen atoms in total. The van der Waals surface area contributed by atoms with Crippen LogP contribution in [0, 0.1) is 10.1 Å². The third-order valence-electron chi connectivity index (χ3n) is 4.89. The van der Waals surface area contributed by atoms with Crippen molar-refractivity contribution in [2.75, 3.05) is 37.7 Å². The van der Waals surface area contributed by atoms with Gasteiger partial charge in [-0.05, 0) is 53.2 Å². The van der Waals surface area contributed by atoms with Gasteiger partial charge in [-0.25, -0.2) is 0 Å². The third kappa shape index (κ3) is 5.09. The molecule has 0 aliphatic carbocycles. The second-order valence-corrected chi connectivity index (χ2v) is 7.67. The highest BCUT2D eigenvalue weighted by atomic mass is 79.9. The van der Waals surface area contributed by atoms with E-state index in [1.54, 1.807) is 28.0 Å². The molecule has 2 aromatic carbocycles. The quantitative estimate of drug-likeness (QED) is 0.437. The monoisotopic (exact) mass is 501 g/mol. The molecule has 0 bridgehead atoms. The Morgan fingerprint density at radius 3 is 2.39 bits per heavy atom. The Bertz CT molecular complexity index is 992. The SMILES string of the molecule is CCOc1ccc(C(=O)N2CCN(c3ccc(C(F)(F)F)cc3[N+](=O)[O-])CC2)cc1Br. The minimum Gasteiger partial charge on any atom is -0.493 e. The number of nitrogens with zero attached hydrogens (tertiary/aromatic N) is 3. The molecule has 0 saturated carbocycles. The molecule has 0 unspecified atom stereocenters. The molecule has 0 N–H and O–H groups in total. The van der Waals surface area contributed by atoms with Gasteiger partial charge in [-0.15, -0.1) is 0 Å². The van der Waals surface area contributed by atoms with E-state index in [4.69, 9.17) is 4.74 Å². The first-order valence-electron chi connectivity index (χ1n) is 9.44. The number of piperazine rings is 1. The van der Waals surface area contributed by atoms with E-state index in [1.807, 2.05) is 6.92 Å². The molecular formula is C20H19BrF3N3O4. The van der Waals surface area contributed by atoms with E-state index in [0.717, 1.165) is 12.1 Å². The van der Waals surface area contributed by atoms with Crippen LogP contribution in [0.1, 0.15) is 22.8 Å². The predicted octanol–water partition coefficient (Wildman–Crippen LogP) is 4.74. The average Bonchev–Trinajstić information content (AvgIpc) is 2.74. The number of hydrogen-bond acceptors (Lipinski definition) is 5. The van der Waals surface area contributed by atoms with Crippen LogP contribution in [0.3, 0.4) is 0 Å². The number of rotatable bonds is 5. The summed E-state index contributed by atoms with van der Waals surface area (Å²) in [5, 5.41) is 11.3. The summed E-state index contributed by atoms with van der Waals surface area (Å²) in [6.45, 7) is 3.42. The molecule has 1 fully saturated rings. The first-order valence-corrected chi connectivity index (χ1v) is 10.2. The topological polar surface area (TPSA) is 75.9 Å². The Hall–Kier alpha value is -2.82. The molecule has 0 aromatic heterocycles. The van der Waals surface area contributed by atoms with Gasteiger partial charge in [-0.2, -0.15) is 13.2 Å². The Labute approximate surface area is 184 Å². The second kappa shape index (κ2) is 9.13. The number of benzene rings is 2. The lowest BCUT2D eigenvalue weighted by atomic mass is 10.1. The highest BCUT2D eigenvalue weighted by molar-refractivity contribution is 9.10. The number of carbonyl (C=O) groups is 1. The van der Waals surface area contributed by atoms with Gasteiger partial charge in [0.15, 0.2) is 0 Å². The number of nitro benzene ring substituents is 1. The number of alkyl halides is 3. The minimum atomic E-state index is -4.67. The number of nitro groups is 1. The van der Waals surface area contributed by atoms with Crippen molar-refractivity contribution >= 4 is 33.2 Å². The van der Waals surface area contributed by atoms with E-state index in [0.29, 0.717) is 28.5 Å². The van der Waals surface area contributed by atoms with Crippen molar-refractivity contribution in [2.45, 2.75) is 13.1 Å². The van der Waals surface area contributed by atoms with Gasteiger partial charge in [0, 0.05) is 37.8 Å². The molecule has 166 valence electrons. The zero-order valence-electron chi connectivity index (χ0n) is 16.5. The van der Waals surface area contributed by atoms with Gasteiger partial charge < -0.3 is 14.5 Å². The van der Waals surface area contributed by atoms with E-state index in [-0.39, 0.29) is 37.8 Å². The van der Waals surface area contributed by atoms with Crippen LogP contribution in [0.25, 0.3) is 0 Å². The van der Waals surface area contributed by atoms with Crippen LogP contribution in [0.5, 0.6) is 5.75 Å². The van der Waals surface area contributed by atoms with E-state index in [2.05, 4.69) is 15.9 Å². The third-order valence-corrected chi connectivity index (χ3v) is 5.51. The standard InChI is InChI=1S/C20H19BrF3N3O4/c1-2-31-18-6-3-13(11-15(18)21)19(28)26-9-7-25(8-10-26)16-5-4-14(20(22,23)24)12-17(16)27(29)30/h3-6,11-12H,2,7-10H2,1H3. The lowest BCUT2D eigenvalue weighted by molar-refractivity contribution is -0.384. The summed E-state index contributed by atoms with van der Waals surface area (Å²) < 4.78 is 44.8. The Kier molecular flexibility index (Phi) is 6.73. The van der Waals surface area contributed by atoms with Crippen molar-refractivity contribution in [3.8, 4) is 5.75 Å². The van der Waals surface area contributed by atoms with Gasteiger partial charge in [-0.3, -0.25) is 14.9 Å². The fraction of sp³-hybridized carbons (Fsp3) is 0.350. The summed E-state index contributed by atoms with van der Waals surface area (Å²) in [5.41, 5.74) is -1.11. The molecule has 31 heavy (non-hydrogen) atoms. The highest BCUT2D eigenvalue weighted by Crippen LogP contribution is 2.37. The first kappa shape index (κ1) is 22.9. The summed E-state index contributed by atoms with van der Waals surface area (Å²) >= 11 is 3.37. The van der Waals surface area contributed by atoms with E-state index in [9.17, 15) is 28.1 Å². The van der Waals surface area contributed by atoms with Gasteiger partial charge in [0.1, 0.15) is 11.4 Å². The first-order chi connectivity index (χ1) is 14.6. The number of hydrogen-bond donors (Lipinski definition) is 0. The molecule has 0 radical (unpaired) electrons. The normalized spacial score (nSPS) is 14.5. The minimum absolute atomic E-state index is 0.105. The summed E-state index contributed by atoms with van der Waals surface area (Å²) in [6, 6.07) is 7.51. The van der Waals surface area contributed by atoms with Crippen molar-refractivity contribution in [1.82, 2.24) is 4.90 Å². The van der Waals surface area contributed by atoms with Gasteiger partial charge in [0.2, 0.25) is 0 Å². The van der Waals surface area contributed by atoms with Crippen LogP contribution in [-0.4, -0.2) is 48.5 Å². The van der Waals surface area contributed by atoms with Crippen LogP contribution < -0.4 is 9.64 Å². The van der Waals surface area contributed by atoms with Gasteiger partial charge >= 0.3 is 6.18 Å². The van der Waals surface area contributed by atoms with Crippen LogP contribution >= 0.6 is 15.9 Å². The van der Waals surface area contributed by atoms with Crippen LogP contribution in [0.4, 0.5) is 24.5 Å². The molecular weight excluding hydrogens is 483 g/mol. The Balaban J connectivity index is 1.73. The molecule has 11 heteroatoms. The number of carbonyl (C=O) groups excluding carboxylic acids is 1. The zero-order valence-corrected chi connectivity index (χ0v) is 18.1. The van der Waals surface area contributed by atoms with Crippen molar-refractivity contribution < 1.29 is 27.6 Å². The zero-order chi connectivity index (χ0) is 22.8. The predicted molar refractivity (Wildman–Crippen MR) is 112 cm³/mol. The summed E-state index contributed by atoms with van der Waals surface area (Å²) in [6.07, 6.45) is -4.67. The van der Waals surface area contributed by atoms with Gasteiger partial charge in [-0.1, -0.05) is 0 Å². The number of anilines is 1. The van der Waals surface area contributed by atoms with Crippen molar-refractivity contribution in [3.05, 3.63) is 62.1 Å². The van der Waals surface area contributed by atoms with Crippen molar-refractivity contribution in [2.24, 2.45) is 0 Å².